The Morgan fingerprint density at radius 2 is 1.80 bits per heavy atom. The van der Waals surface area contributed by atoms with E-state index in [1.54, 1.807) is 0 Å². The molecule has 0 N–H and O–H groups in total. The third-order valence-corrected chi connectivity index (χ3v) is 4.41. The molecular formula is C18H22O2. The Labute approximate surface area is 120 Å². The molecular weight excluding hydrogens is 248 g/mol. The van der Waals surface area contributed by atoms with Crippen LogP contribution < -0.4 is 0 Å². The second-order valence-corrected chi connectivity index (χ2v) is 5.98. The van der Waals surface area contributed by atoms with Crippen LogP contribution in [0, 0.1) is 5.92 Å². The Hall–Kier alpha value is -1.57. The first-order valence-corrected chi connectivity index (χ1v) is 7.71. The van der Waals surface area contributed by atoms with Gasteiger partial charge in [-0.05, 0) is 49.2 Å². The molecule has 0 aromatic heterocycles. The number of hydrogen-bond donors (Lipinski definition) is 0. The van der Waals surface area contributed by atoms with Crippen LogP contribution in [0.4, 0.5) is 0 Å². The highest BCUT2D eigenvalue weighted by molar-refractivity contribution is 5.67. The van der Waals surface area contributed by atoms with E-state index in [1.807, 2.05) is 6.07 Å². The molecule has 20 heavy (non-hydrogen) atoms. The van der Waals surface area contributed by atoms with Gasteiger partial charge in [0.15, 0.2) is 0 Å². The first-order chi connectivity index (χ1) is 9.75. The number of rotatable bonds is 3. The summed E-state index contributed by atoms with van der Waals surface area (Å²) < 4.78 is 5.61. The minimum Gasteiger partial charge on any atom is -0.431 e. The highest BCUT2D eigenvalue weighted by Gasteiger charge is 2.43. The van der Waals surface area contributed by atoms with Gasteiger partial charge in [-0.25, -0.2) is 0 Å². The van der Waals surface area contributed by atoms with Crippen LogP contribution in [0.5, 0.6) is 0 Å². The summed E-state index contributed by atoms with van der Waals surface area (Å²) in [4.78, 5) is 11.4. The number of carbonyl (C=O) groups is 1. The SMILES string of the molecule is CC(=O)OC(=C1CCCCC1)[C@@H]1C[C@@H]1c1ccccc1. The lowest BCUT2D eigenvalue weighted by atomic mass is 9.92. The van der Waals surface area contributed by atoms with Gasteiger partial charge in [-0.2, -0.15) is 0 Å². The molecule has 0 amide bonds. The summed E-state index contributed by atoms with van der Waals surface area (Å²) in [5.41, 5.74) is 2.77. The fourth-order valence-electron chi connectivity index (χ4n) is 3.34. The first kappa shape index (κ1) is 13.4. The van der Waals surface area contributed by atoms with Crippen molar-refractivity contribution in [2.75, 3.05) is 0 Å². The molecule has 106 valence electrons. The molecule has 2 aliphatic carbocycles. The lowest BCUT2D eigenvalue weighted by molar-refractivity contribution is -0.137. The molecule has 2 fully saturated rings. The third-order valence-electron chi connectivity index (χ3n) is 4.41. The standard InChI is InChI=1S/C18H22O2/c1-13(19)20-18(15-10-6-3-7-11-15)17-12-16(17)14-8-4-2-5-9-14/h2,4-5,8-9,16-17H,3,6-7,10-12H2,1H3/t16-,17-/m1/s1. The van der Waals surface area contributed by atoms with Crippen LogP contribution in [0.25, 0.3) is 0 Å². The highest BCUT2D eigenvalue weighted by atomic mass is 16.5. The van der Waals surface area contributed by atoms with E-state index >= 15 is 0 Å². The molecule has 2 aliphatic rings. The fraction of sp³-hybridized carbons (Fsp3) is 0.500. The Morgan fingerprint density at radius 1 is 1.10 bits per heavy atom. The number of esters is 1. The van der Waals surface area contributed by atoms with Crippen LogP contribution in [0.2, 0.25) is 0 Å². The molecule has 3 rings (SSSR count). The van der Waals surface area contributed by atoms with Crippen LogP contribution in [0.1, 0.15) is 56.9 Å². The zero-order valence-corrected chi connectivity index (χ0v) is 12.1. The summed E-state index contributed by atoms with van der Waals surface area (Å²) in [7, 11) is 0. The summed E-state index contributed by atoms with van der Waals surface area (Å²) in [6.45, 7) is 1.52. The van der Waals surface area contributed by atoms with Gasteiger partial charge in [0.05, 0.1) is 0 Å². The summed E-state index contributed by atoms with van der Waals surface area (Å²) in [5.74, 6) is 1.80. The largest absolute Gasteiger partial charge is 0.431 e. The zero-order chi connectivity index (χ0) is 13.9. The highest BCUT2D eigenvalue weighted by Crippen LogP contribution is 2.53. The van der Waals surface area contributed by atoms with Crippen LogP contribution in [0.15, 0.2) is 41.7 Å². The molecule has 1 aromatic carbocycles. The normalized spacial score (nSPS) is 25.1. The van der Waals surface area contributed by atoms with E-state index in [2.05, 4.69) is 24.3 Å². The van der Waals surface area contributed by atoms with Crippen molar-refractivity contribution in [3.63, 3.8) is 0 Å². The van der Waals surface area contributed by atoms with E-state index < -0.39 is 0 Å². The summed E-state index contributed by atoms with van der Waals surface area (Å²) in [5, 5.41) is 0. The van der Waals surface area contributed by atoms with E-state index in [-0.39, 0.29) is 5.97 Å². The van der Waals surface area contributed by atoms with Crippen molar-refractivity contribution in [3.05, 3.63) is 47.2 Å². The van der Waals surface area contributed by atoms with Gasteiger partial charge >= 0.3 is 5.97 Å². The van der Waals surface area contributed by atoms with E-state index in [4.69, 9.17) is 4.74 Å². The maximum absolute atomic E-state index is 11.4. The van der Waals surface area contributed by atoms with Crippen molar-refractivity contribution in [2.45, 2.75) is 51.4 Å². The van der Waals surface area contributed by atoms with Gasteiger partial charge in [0.2, 0.25) is 0 Å². The van der Waals surface area contributed by atoms with Crippen molar-refractivity contribution in [1.82, 2.24) is 0 Å². The molecule has 0 bridgehead atoms. The summed E-state index contributed by atoms with van der Waals surface area (Å²) >= 11 is 0. The maximum atomic E-state index is 11.4. The van der Waals surface area contributed by atoms with E-state index in [0.717, 1.165) is 25.0 Å². The number of ether oxygens (including phenoxy) is 1. The molecule has 2 atom stereocenters. The lowest BCUT2D eigenvalue weighted by Gasteiger charge is -2.19. The van der Waals surface area contributed by atoms with Crippen LogP contribution >= 0.6 is 0 Å². The van der Waals surface area contributed by atoms with Crippen molar-refractivity contribution in [2.24, 2.45) is 5.92 Å². The Morgan fingerprint density at radius 3 is 2.45 bits per heavy atom. The maximum Gasteiger partial charge on any atom is 0.307 e. The molecule has 2 nitrogen and oxygen atoms in total. The predicted octanol–water partition coefficient (Wildman–Crippen LogP) is 4.57. The van der Waals surface area contributed by atoms with Gasteiger partial charge < -0.3 is 4.74 Å². The minimum absolute atomic E-state index is 0.170. The molecule has 1 aromatic rings. The number of benzene rings is 1. The van der Waals surface area contributed by atoms with E-state index in [1.165, 1.54) is 37.3 Å². The van der Waals surface area contributed by atoms with E-state index in [9.17, 15) is 4.79 Å². The Bertz CT molecular complexity index is 507. The van der Waals surface area contributed by atoms with Gasteiger partial charge in [-0.3, -0.25) is 4.79 Å². The number of carbonyl (C=O) groups excluding carboxylic acids is 1. The molecule has 0 heterocycles. The van der Waals surface area contributed by atoms with Crippen molar-refractivity contribution < 1.29 is 9.53 Å². The number of hydrogen-bond acceptors (Lipinski definition) is 2. The van der Waals surface area contributed by atoms with Gasteiger partial charge in [0.25, 0.3) is 0 Å². The second kappa shape index (κ2) is 5.82. The monoisotopic (exact) mass is 270 g/mol. The van der Waals surface area contributed by atoms with Gasteiger partial charge in [0.1, 0.15) is 5.76 Å². The first-order valence-electron chi connectivity index (χ1n) is 7.71. The molecule has 2 heteroatoms. The van der Waals surface area contributed by atoms with Crippen molar-refractivity contribution in [3.8, 4) is 0 Å². The van der Waals surface area contributed by atoms with Gasteiger partial charge in [-0.1, -0.05) is 36.8 Å². The van der Waals surface area contributed by atoms with E-state index in [0.29, 0.717) is 11.8 Å². The Balaban J connectivity index is 1.79. The lowest BCUT2D eigenvalue weighted by Crippen LogP contribution is -2.08. The van der Waals surface area contributed by atoms with Crippen molar-refractivity contribution >= 4 is 5.97 Å². The molecule has 0 saturated heterocycles. The average Bonchev–Trinajstić information content (AvgIpc) is 3.27. The van der Waals surface area contributed by atoms with Gasteiger partial charge in [-0.15, -0.1) is 0 Å². The molecule has 0 aliphatic heterocycles. The molecule has 0 spiro atoms. The molecule has 2 saturated carbocycles. The zero-order valence-electron chi connectivity index (χ0n) is 12.1. The summed E-state index contributed by atoms with van der Waals surface area (Å²) in [6.07, 6.45) is 7.13. The smallest absolute Gasteiger partial charge is 0.307 e. The fourth-order valence-corrected chi connectivity index (χ4v) is 3.34. The second-order valence-electron chi connectivity index (χ2n) is 5.98. The predicted molar refractivity (Wildman–Crippen MR) is 79.2 cm³/mol. The molecule has 0 unspecified atom stereocenters. The van der Waals surface area contributed by atoms with Crippen molar-refractivity contribution in [1.29, 1.82) is 0 Å². The average molecular weight is 270 g/mol. The third kappa shape index (κ3) is 2.95. The van der Waals surface area contributed by atoms with Crippen LogP contribution in [0.3, 0.4) is 0 Å². The van der Waals surface area contributed by atoms with Gasteiger partial charge in [0, 0.05) is 12.8 Å². The minimum atomic E-state index is -0.170. The number of allylic oxidation sites excluding steroid dienone is 2. The topological polar surface area (TPSA) is 26.3 Å². The van der Waals surface area contributed by atoms with Crippen LogP contribution in [-0.2, 0) is 9.53 Å². The van der Waals surface area contributed by atoms with Crippen LogP contribution in [-0.4, -0.2) is 5.97 Å². The quantitative estimate of drug-likeness (QED) is 0.594. The molecule has 0 radical (unpaired) electrons. The summed E-state index contributed by atoms with van der Waals surface area (Å²) in [6, 6.07) is 10.6. The Kier molecular flexibility index (Phi) is 3.90.